The maximum Gasteiger partial charge on any atom is 0.249 e. The largest absolute Gasteiger partial charge is 0.324 e. The number of aromatic nitrogens is 2. The van der Waals surface area contributed by atoms with Gasteiger partial charge in [0, 0.05) is 16.8 Å². The van der Waals surface area contributed by atoms with Gasteiger partial charge < -0.3 is 10.6 Å². The van der Waals surface area contributed by atoms with Crippen LogP contribution in [0.15, 0.2) is 48.5 Å². The summed E-state index contributed by atoms with van der Waals surface area (Å²) in [6, 6.07) is 14.8. The van der Waals surface area contributed by atoms with Crippen LogP contribution >= 0.6 is 0 Å². The minimum Gasteiger partial charge on any atom is -0.324 e. The number of aryl methyl sites for hydroxylation is 2. The molecular formula is C22H22N4O2. The van der Waals surface area contributed by atoms with Gasteiger partial charge in [-0.05, 0) is 44.0 Å². The van der Waals surface area contributed by atoms with E-state index >= 15 is 0 Å². The predicted octanol–water partition coefficient (Wildman–Crippen LogP) is 4.00. The van der Waals surface area contributed by atoms with Crippen molar-refractivity contribution in [1.82, 2.24) is 9.78 Å². The van der Waals surface area contributed by atoms with Crippen LogP contribution in [0.2, 0.25) is 0 Å². The quantitative estimate of drug-likeness (QED) is 0.728. The van der Waals surface area contributed by atoms with Crippen LogP contribution in [0.3, 0.4) is 0 Å². The molecule has 0 radical (unpaired) electrons. The van der Waals surface area contributed by atoms with Crippen molar-refractivity contribution >= 4 is 23.3 Å². The van der Waals surface area contributed by atoms with Gasteiger partial charge >= 0.3 is 0 Å². The maximum absolute atomic E-state index is 13.0. The molecule has 1 aromatic heterocycles. The van der Waals surface area contributed by atoms with Gasteiger partial charge in [0.15, 0.2) is 0 Å². The molecule has 4 rings (SSSR count). The van der Waals surface area contributed by atoms with Crippen molar-refractivity contribution in [2.75, 3.05) is 10.6 Å². The number of fused-ring (bicyclic) bond motifs is 1. The van der Waals surface area contributed by atoms with E-state index in [1.165, 1.54) is 0 Å². The third kappa shape index (κ3) is 3.17. The maximum atomic E-state index is 13.0. The molecule has 0 fully saturated rings. The fourth-order valence-corrected chi connectivity index (χ4v) is 3.46. The number of benzene rings is 2. The van der Waals surface area contributed by atoms with E-state index in [9.17, 15) is 9.59 Å². The van der Waals surface area contributed by atoms with Gasteiger partial charge in [0.2, 0.25) is 11.8 Å². The molecular weight excluding hydrogens is 352 g/mol. The zero-order valence-electron chi connectivity index (χ0n) is 16.1. The Morgan fingerprint density at radius 3 is 2.57 bits per heavy atom. The average molecular weight is 374 g/mol. The van der Waals surface area contributed by atoms with E-state index in [2.05, 4.69) is 15.7 Å². The monoisotopic (exact) mass is 374 g/mol. The lowest BCUT2D eigenvalue weighted by atomic mass is 10.1. The molecule has 1 atom stereocenters. The molecule has 0 aliphatic carbocycles. The second-order valence-corrected chi connectivity index (χ2v) is 7.19. The molecule has 2 amide bonds. The van der Waals surface area contributed by atoms with Gasteiger partial charge in [0.05, 0.1) is 12.1 Å². The lowest BCUT2D eigenvalue weighted by molar-refractivity contribution is -0.125. The van der Waals surface area contributed by atoms with E-state index in [1.807, 2.05) is 69.3 Å². The number of nitrogens with one attached hydrogen (secondary N) is 2. The highest BCUT2D eigenvalue weighted by atomic mass is 16.2. The zero-order chi connectivity index (χ0) is 19.8. The molecule has 0 bridgehead atoms. The molecule has 2 heterocycles. The zero-order valence-corrected chi connectivity index (χ0v) is 16.1. The normalized spacial score (nSPS) is 15.7. The first-order valence-electron chi connectivity index (χ1n) is 9.26. The molecule has 2 N–H and O–H groups in total. The topological polar surface area (TPSA) is 76.0 Å². The highest BCUT2D eigenvalue weighted by Gasteiger charge is 2.34. The Morgan fingerprint density at radius 2 is 1.86 bits per heavy atom. The summed E-state index contributed by atoms with van der Waals surface area (Å²) in [7, 11) is 0. The average Bonchev–Trinajstić information content (AvgIpc) is 3.01. The summed E-state index contributed by atoms with van der Waals surface area (Å²) in [6.07, 6.45) is 0.0546. The van der Waals surface area contributed by atoms with Gasteiger partial charge in [0.1, 0.15) is 11.9 Å². The summed E-state index contributed by atoms with van der Waals surface area (Å²) in [4.78, 5) is 25.2. The van der Waals surface area contributed by atoms with E-state index in [1.54, 1.807) is 4.68 Å². The Labute approximate surface area is 163 Å². The second-order valence-electron chi connectivity index (χ2n) is 7.19. The van der Waals surface area contributed by atoms with Crippen LogP contribution in [-0.2, 0) is 9.59 Å². The van der Waals surface area contributed by atoms with Crippen molar-refractivity contribution in [3.8, 4) is 11.3 Å². The Hall–Kier alpha value is -3.41. The summed E-state index contributed by atoms with van der Waals surface area (Å²) < 4.78 is 1.63. The SMILES string of the molecule is Cc1ccc(NC(=O)[C@H]2CC(=O)Nc3c(C)c(-c4ccccc4)nn32)cc1C. The molecule has 6 nitrogen and oxygen atoms in total. The molecule has 1 aliphatic rings. The molecule has 142 valence electrons. The molecule has 1 aliphatic heterocycles. The number of hydrogen-bond donors (Lipinski definition) is 2. The van der Waals surface area contributed by atoms with E-state index < -0.39 is 6.04 Å². The summed E-state index contributed by atoms with van der Waals surface area (Å²) >= 11 is 0. The van der Waals surface area contributed by atoms with Crippen molar-refractivity contribution in [2.24, 2.45) is 0 Å². The Morgan fingerprint density at radius 1 is 1.11 bits per heavy atom. The summed E-state index contributed by atoms with van der Waals surface area (Å²) in [5.74, 6) is 0.146. The third-order valence-corrected chi connectivity index (χ3v) is 5.20. The van der Waals surface area contributed by atoms with Gasteiger partial charge in [-0.3, -0.25) is 9.59 Å². The number of amides is 2. The third-order valence-electron chi connectivity index (χ3n) is 5.20. The van der Waals surface area contributed by atoms with Crippen molar-refractivity contribution in [1.29, 1.82) is 0 Å². The predicted molar refractivity (Wildman–Crippen MR) is 109 cm³/mol. The fraction of sp³-hybridized carbons (Fsp3) is 0.227. The fourth-order valence-electron chi connectivity index (χ4n) is 3.46. The number of carbonyl (C=O) groups excluding carboxylic acids is 2. The number of hydrogen-bond acceptors (Lipinski definition) is 3. The Kier molecular flexibility index (Phi) is 4.47. The molecule has 28 heavy (non-hydrogen) atoms. The smallest absolute Gasteiger partial charge is 0.249 e. The van der Waals surface area contributed by atoms with Crippen LogP contribution in [-0.4, -0.2) is 21.6 Å². The first kappa shape index (κ1) is 18.0. The van der Waals surface area contributed by atoms with E-state index in [-0.39, 0.29) is 18.2 Å². The standard InChI is InChI=1S/C22H22N4O2/c1-13-9-10-17(11-14(13)2)23-22(28)18-12-19(27)24-21-15(3)20(25-26(18)21)16-7-5-4-6-8-16/h4-11,18H,12H2,1-3H3,(H,23,28)(H,24,27)/t18-/m1/s1. The van der Waals surface area contributed by atoms with Gasteiger partial charge in [-0.25, -0.2) is 4.68 Å². The minimum absolute atomic E-state index is 0.0546. The molecule has 0 spiro atoms. The van der Waals surface area contributed by atoms with E-state index in [0.717, 1.165) is 27.9 Å². The highest BCUT2D eigenvalue weighted by Crippen LogP contribution is 2.34. The summed E-state index contributed by atoms with van der Waals surface area (Å²) in [5.41, 5.74) is 5.54. The van der Waals surface area contributed by atoms with Gasteiger partial charge in [-0.2, -0.15) is 5.10 Å². The molecule has 0 saturated carbocycles. The highest BCUT2D eigenvalue weighted by molar-refractivity contribution is 6.02. The van der Waals surface area contributed by atoms with Gasteiger partial charge in [-0.1, -0.05) is 36.4 Å². The lowest BCUT2D eigenvalue weighted by Crippen LogP contribution is -2.36. The summed E-state index contributed by atoms with van der Waals surface area (Å²) in [6.45, 7) is 5.93. The second kappa shape index (κ2) is 6.96. The van der Waals surface area contributed by atoms with Gasteiger partial charge in [0.25, 0.3) is 0 Å². The number of anilines is 2. The Bertz CT molecular complexity index is 1070. The minimum atomic E-state index is -0.693. The van der Waals surface area contributed by atoms with Crippen molar-refractivity contribution in [2.45, 2.75) is 33.2 Å². The van der Waals surface area contributed by atoms with Crippen molar-refractivity contribution in [3.63, 3.8) is 0 Å². The molecule has 2 aromatic carbocycles. The Balaban J connectivity index is 1.69. The molecule has 0 saturated heterocycles. The van der Waals surface area contributed by atoms with Crippen LogP contribution < -0.4 is 10.6 Å². The first-order chi connectivity index (χ1) is 13.4. The molecule has 0 unspecified atom stereocenters. The molecule has 3 aromatic rings. The number of rotatable bonds is 3. The van der Waals surface area contributed by atoms with Crippen LogP contribution in [0.4, 0.5) is 11.5 Å². The van der Waals surface area contributed by atoms with Crippen LogP contribution in [0.25, 0.3) is 11.3 Å². The van der Waals surface area contributed by atoms with E-state index in [0.29, 0.717) is 11.5 Å². The van der Waals surface area contributed by atoms with Crippen LogP contribution in [0.5, 0.6) is 0 Å². The summed E-state index contributed by atoms with van der Waals surface area (Å²) in [5, 5.41) is 10.5. The number of nitrogens with zero attached hydrogens (tertiary/aromatic N) is 2. The van der Waals surface area contributed by atoms with Crippen molar-refractivity contribution in [3.05, 3.63) is 65.2 Å². The number of carbonyl (C=O) groups is 2. The van der Waals surface area contributed by atoms with Crippen LogP contribution in [0, 0.1) is 20.8 Å². The van der Waals surface area contributed by atoms with Crippen molar-refractivity contribution < 1.29 is 9.59 Å². The van der Waals surface area contributed by atoms with Gasteiger partial charge in [-0.15, -0.1) is 0 Å². The first-order valence-corrected chi connectivity index (χ1v) is 9.26. The lowest BCUT2D eigenvalue weighted by Gasteiger charge is -2.24. The van der Waals surface area contributed by atoms with Crippen LogP contribution in [0.1, 0.15) is 29.2 Å². The van der Waals surface area contributed by atoms with E-state index in [4.69, 9.17) is 0 Å². The molecule has 6 heteroatoms.